The second kappa shape index (κ2) is 7.10. The molecule has 4 heteroatoms. The first-order valence-electron chi connectivity index (χ1n) is 6.79. The zero-order valence-electron chi connectivity index (χ0n) is 12.0. The lowest BCUT2D eigenvalue weighted by Crippen LogP contribution is -2.22. The topological polar surface area (TPSA) is 29.1 Å². The van der Waals surface area contributed by atoms with Crippen LogP contribution in [0.25, 0.3) is 0 Å². The first-order chi connectivity index (χ1) is 9.97. The molecule has 0 spiro atoms. The van der Waals surface area contributed by atoms with Gasteiger partial charge in [-0.3, -0.25) is 4.79 Å². The summed E-state index contributed by atoms with van der Waals surface area (Å²) in [5.41, 5.74) is 2.97. The fourth-order valence-corrected chi connectivity index (χ4v) is 2.44. The lowest BCUT2D eigenvalue weighted by molar-refractivity contribution is 0.0951. The number of hydrogen-bond acceptors (Lipinski definition) is 1. The van der Waals surface area contributed by atoms with Gasteiger partial charge < -0.3 is 5.32 Å². The first kappa shape index (κ1) is 16.1. The molecule has 1 N–H and O–H groups in total. The van der Waals surface area contributed by atoms with Gasteiger partial charge in [0.1, 0.15) is 0 Å². The summed E-state index contributed by atoms with van der Waals surface area (Å²) in [6.45, 7) is 4.84. The second-order valence-electron chi connectivity index (χ2n) is 5.21. The molecule has 0 aliphatic rings. The highest BCUT2D eigenvalue weighted by atomic mass is 79.9. The molecular weight excluding hydrogens is 350 g/mol. The molecule has 2 nitrogen and oxygen atoms in total. The van der Waals surface area contributed by atoms with Gasteiger partial charge in [0.2, 0.25) is 0 Å². The largest absolute Gasteiger partial charge is 0.348 e. The van der Waals surface area contributed by atoms with Gasteiger partial charge >= 0.3 is 0 Å². The van der Waals surface area contributed by atoms with Crippen LogP contribution in [0.15, 0.2) is 46.9 Å². The van der Waals surface area contributed by atoms with Gasteiger partial charge in [-0.05, 0) is 51.2 Å². The van der Waals surface area contributed by atoms with E-state index in [9.17, 15) is 4.79 Å². The summed E-state index contributed by atoms with van der Waals surface area (Å²) in [5, 5.41) is 3.50. The summed E-state index contributed by atoms with van der Waals surface area (Å²) in [4.78, 5) is 12.1. The second-order valence-corrected chi connectivity index (χ2v) is 6.47. The van der Waals surface area contributed by atoms with Crippen LogP contribution in [0.1, 0.15) is 41.3 Å². The molecule has 0 fully saturated rings. The molecule has 0 bridgehead atoms. The van der Waals surface area contributed by atoms with Crippen molar-refractivity contribution in [3.8, 4) is 0 Å². The van der Waals surface area contributed by atoms with Gasteiger partial charge in [0, 0.05) is 16.6 Å². The van der Waals surface area contributed by atoms with Crippen LogP contribution in [0.5, 0.6) is 0 Å². The van der Waals surface area contributed by atoms with Gasteiger partial charge in [0.15, 0.2) is 0 Å². The van der Waals surface area contributed by atoms with Crippen molar-refractivity contribution in [3.05, 3.63) is 68.7 Å². The number of carbonyl (C=O) groups excluding carboxylic acids is 1. The van der Waals surface area contributed by atoms with Crippen LogP contribution in [0.3, 0.4) is 0 Å². The Kier molecular flexibility index (Phi) is 5.43. The number of rotatable bonds is 4. The minimum atomic E-state index is -0.111. The summed E-state index contributed by atoms with van der Waals surface area (Å²) in [5.74, 6) is 0.403. The molecule has 0 atom stereocenters. The maximum Gasteiger partial charge on any atom is 0.251 e. The SMILES string of the molecule is CC(C)c1ccc(CNC(=O)c2ccc(Cl)c(Br)c2)cc1. The van der Waals surface area contributed by atoms with Gasteiger partial charge in [-0.1, -0.05) is 49.7 Å². The van der Waals surface area contributed by atoms with Gasteiger partial charge in [-0.25, -0.2) is 0 Å². The van der Waals surface area contributed by atoms with E-state index in [0.29, 0.717) is 23.0 Å². The van der Waals surface area contributed by atoms with Crippen molar-refractivity contribution in [3.63, 3.8) is 0 Å². The fraction of sp³-hybridized carbons (Fsp3) is 0.235. The van der Waals surface area contributed by atoms with Crippen LogP contribution in [-0.4, -0.2) is 5.91 Å². The molecule has 0 aliphatic heterocycles. The van der Waals surface area contributed by atoms with E-state index in [-0.39, 0.29) is 5.91 Å². The summed E-state index contributed by atoms with van der Waals surface area (Å²) in [6.07, 6.45) is 0. The van der Waals surface area contributed by atoms with E-state index < -0.39 is 0 Å². The third kappa shape index (κ3) is 4.32. The van der Waals surface area contributed by atoms with E-state index in [2.05, 4.69) is 47.2 Å². The molecule has 0 unspecified atom stereocenters. The summed E-state index contributed by atoms with van der Waals surface area (Å²) in [6, 6.07) is 13.4. The number of amides is 1. The molecule has 110 valence electrons. The summed E-state index contributed by atoms with van der Waals surface area (Å²) >= 11 is 9.24. The molecule has 0 saturated carbocycles. The molecule has 2 aromatic carbocycles. The number of benzene rings is 2. The number of carbonyl (C=O) groups is 1. The zero-order valence-corrected chi connectivity index (χ0v) is 14.3. The van der Waals surface area contributed by atoms with Crippen molar-refractivity contribution in [2.75, 3.05) is 0 Å². The Bertz CT molecular complexity index is 638. The molecular formula is C17H17BrClNO. The fourth-order valence-electron chi connectivity index (χ4n) is 1.94. The van der Waals surface area contributed by atoms with Crippen molar-refractivity contribution < 1.29 is 4.79 Å². The Balaban J connectivity index is 1.98. The lowest BCUT2D eigenvalue weighted by Gasteiger charge is -2.09. The Hall–Kier alpha value is -1.32. The van der Waals surface area contributed by atoms with Crippen LogP contribution >= 0.6 is 27.5 Å². The van der Waals surface area contributed by atoms with Crippen molar-refractivity contribution in [1.82, 2.24) is 5.32 Å². The van der Waals surface area contributed by atoms with Crippen molar-refractivity contribution in [1.29, 1.82) is 0 Å². The highest BCUT2D eigenvalue weighted by Crippen LogP contribution is 2.23. The number of hydrogen-bond donors (Lipinski definition) is 1. The molecule has 1 amide bonds. The van der Waals surface area contributed by atoms with Gasteiger partial charge in [-0.2, -0.15) is 0 Å². The molecule has 0 aliphatic carbocycles. The third-order valence-corrected chi connectivity index (χ3v) is 4.50. The van der Waals surface area contributed by atoms with Crippen LogP contribution < -0.4 is 5.32 Å². The highest BCUT2D eigenvalue weighted by molar-refractivity contribution is 9.10. The predicted octanol–water partition coefficient (Wildman–Crippen LogP) is 5.16. The van der Waals surface area contributed by atoms with Gasteiger partial charge in [0.25, 0.3) is 5.91 Å². The quantitative estimate of drug-likeness (QED) is 0.796. The number of nitrogens with one attached hydrogen (secondary N) is 1. The third-order valence-electron chi connectivity index (χ3n) is 3.28. The Morgan fingerprint density at radius 1 is 1.19 bits per heavy atom. The standard InChI is InChI=1S/C17H17BrClNO/c1-11(2)13-5-3-12(4-6-13)10-20-17(21)14-7-8-16(19)15(18)9-14/h3-9,11H,10H2,1-2H3,(H,20,21). The number of halogens is 2. The summed E-state index contributed by atoms with van der Waals surface area (Å²) in [7, 11) is 0. The van der Waals surface area contributed by atoms with Gasteiger partial charge in [0.05, 0.1) is 5.02 Å². The lowest BCUT2D eigenvalue weighted by atomic mass is 10.0. The highest BCUT2D eigenvalue weighted by Gasteiger charge is 2.07. The first-order valence-corrected chi connectivity index (χ1v) is 7.96. The summed E-state index contributed by atoms with van der Waals surface area (Å²) < 4.78 is 0.720. The molecule has 0 saturated heterocycles. The van der Waals surface area contributed by atoms with Crippen LogP contribution in [-0.2, 0) is 6.54 Å². The van der Waals surface area contributed by atoms with Crippen molar-refractivity contribution in [2.45, 2.75) is 26.3 Å². The maximum absolute atomic E-state index is 12.1. The minimum Gasteiger partial charge on any atom is -0.348 e. The molecule has 0 aromatic heterocycles. The van der Waals surface area contributed by atoms with E-state index in [4.69, 9.17) is 11.6 Å². The average molecular weight is 367 g/mol. The Morgan fingerprint density at radius 3 is 2.43 bits per heavy atom. The Labute approximate surface area is 138 Å². The van der Waals surface area contributed by atoms with E-state index in [1.54, 1.807) is 18.2 Å². The molecule has 2 rings (SSSR count). The predicted molar refractivity (Wildman–Crippen MR) is 90.9 cm³/mol. The monoisotopic (exact) mass is 365 g/mol. The normalized spacial score (nSPS) is 10.7. The van der Waals surface area contributed by atoms with E-state index in [1.165, 1.54) is 5.56 Å². The zero-order chi connectivity index (χ0) is 15.4. The molecule has 0 radical (unpaired) electrons. The van der Waals surface area contributed by atoms with Crippen molar-refractivity contribution in [2.24, 2.45) is 0 Å². The van der Waals surface area contributed by atoms with Crippen LogP contribution in [0.2, 0.25) is 5.02 Å². The Morgan fingerprint density at radius 2 is 1.86 bits per heavy atom. The van der Waals surface area contributed by atoms with E-state index >= 15 is 0 Å². The van der Waals surface area contributed by atoms with E-state index in [1.807, 2.05) is 12.1 Å². The maximum atomic E-state index is 12.1. The molecule has 0 heterocycles. The molecule has 21 heavy (non-hydrogen) atoms. The minimum absolute atomic E-state index is 0.111. The van der Waals surface area contributed by atoms with Crippen LogP contribution in [0, 0.1) is 0 Å². The van der Waals surface area contributed by atoms with Crippen LogP contribution in [0.4, 0.5) is 0 Å². The van der Waals surface area contributed by atoms with E-state index in [0.717, 1.165) is 10.0 Å². The molecule has 2 aromatic rings. The smallest absolute Gasteiger partial charge is 0.251 e. The average Bonchev–Trinajstić information content (AvgIpc) is 2.48. The van der Waals surface area contributed by atoms with Crippen molar-refractivity contribution >= 4 is 33.4 Å². The van der Waals surface area contributed by atoms with Gasteiger partial charge in [-0.15, -0.1) is 0 Å².